The first-order chi connectivity index (χ1) is 11.7. The number of nitrogens with one attached hydrogen (secondary N) is 1. The summed E-state index contributed by atoms with van der Waals surface area (Å²) in [5.41, 5.74) is 1.27. The summed E-state index contributed by atoms with van der Waals surface area (Å²) in [5.74, 6) is 2.04. The van der Waals surface area contributed by atoms with Gasteiger partial charge in [0.1, 0.15) is 5.82 Å². The molecule has 126 valence electrons. The first-order valence-electron chi connectivity index (χ1n) is 8.69. The molecule has 4 rings (SSSR count). The monoisotopic (exact) mass is 342 g/mol. The number of nitrogens with zero attached hydrogens (tertiary/aromatic N) is 3. The number of amides is 1. The Bertz CT molecular complexity index is 732. The van der Waals surface area contributed by atoms with Crippen molar-refractivity contribution in [2.45, 2.75) is 61.8 Å². The molecule has 0 radical (unpaired) electrons. The van der Waals surface area contributed by atoms with Gasteiger partial charge in [-0.05, 0) is 37.8 Å². The molecular weight excluding hydrogens is 320 g/mol. The van der Waals surface area contributed by atoms with Crippen molar-refractivity contribution in [3.63, 3.8) is 0 Å². The highest BCUT2D eigenvalue weighted by Crippen LogP contribution is 2.37. The van der Waals surface area contributed by atoms with Gasteiger partial charge in [-0.2, -0.15) is 0 Å². The maximum absolute atomic E-state index is 12.7. The van der Waals surface area contributed by atoms with Gasteiger partial charge in [-0.15, -0.1) is 22.0 Å². The lowest BCUT2D eigenvalue weighted by Gasteiger charge is -2.17. The van der Waals surface area contributed by atoms with Gasteiger partial charge >= 0.3 is 0 Å². The minimum absolute atomic E-state index is 0.0450. The van der Waals surface area contributed by atoms with Crippen LogP contribution < -0.4 is 5.32 Å². The minimum Gasteiger partial charge on any atom is -0.345 e. The molecule has 2 atom stereocenters. The number of thioether (sulfide) groups is 1. The van der Waals surface area contributed by atoms with E-state index in [0.717, 1.165) is 37.5 Å². The van der Waals surface area contributed by atoms with E-state index in [1.54, 1.807) is 11.8 Å². The van der Waals surface area contributed by atoms with Crippen molar-refractivity contribution in [3.8, 4) is 0 Å². The number of fused-ring (bicyclic) bond motifs is 2. The Morgan fingerprint density at radius 3 is 3.04 bits per heavy atom. The number of rotatable bonds is 3. The second kappa shape index (κ2) is 6.59. The molecule has 0 bridgehead atoms. The third kappa shape index (κ3) is 2.95. The molecule has 1 N–H and O–H groups in total. The fraction of sp³-hybridized carbons (Fsp3) is 0.500. The number of hydrogen-bond donors (Lipinski definition) is 1. The largest absolute Gasteiger partial charge is 0.345 e. The molecule has 0 saturated heterocycles. The smallest absolute Gasteiger partial charge is 0.234 e. The summed E-state index contributed by atoms with van der Waals surface area (Å²) in [6.45, 7) is 2.97. The average molecular weight is 342 g/mol. The van der Waals surface area contributed by atoms with E-state index in [-0.39, 0.29) is 17.2 Å². The number of benzene rings is 1. The van der Waals surface area contributed by atoms with Crippen LogP contribution in [0.25, 0.3) is 0 Å². The SMILES string of the molecule is C[C@H](NC(=O)[C@@H]1Cc2ccccc2S1)c1nnc2n1CCCCC2. The summed E-state index contributed by atoms with van der Waals surface area (Å²) in [5, 5.41) is 11.8. The standard InChI is InChI=1S/C18H22N4OS/c1-12(17-21-20-16-9-3-2-6-10-22(16)17)19-18(23)15-11-13-7-4-5-8-14(13)24-15/h4-5,7-8,12,15H,2-3,6,9-11H2,1H3,(H,19,23)/t12-,15-/m0/s1. The average Bonchev–Trinajstić information content (AvgIpc) is 3.12. The second-order valence-electron chi connectivity index (χ2n) is 6.59. The van der Waals surface area contributed by atoms with E-state index in [1.165, 1.54) is 23.3 Å². The third-order valence-electron chi connectivity index (χ3n) is 4.82. The number of carbonyl (C=O) groups is 1. The first-order valence-corrected chi connectivity index (χ1v) is 9.57. The van der Waals surface area contributed by atoms with Crippen LogP contribution in [0.3, 0.4) is 0 Å². The molecule has 0 unspecified atom stereocenters. The van der Waals surface area contributed by atoms with E-state index in [0.29, 0.717) is 0 Å². The van der Waals surface area contributed by atoms with Crippen LogP contribution in [0, 0.1) is 0 Å². The summed E-state index contributed by atoms with van der Waals surface area (Å²) in [6.07, 6.45) is 5.36. The van der Waals surface area contributed by atoms with Gasteiger partial charge in [0.15, 0.2) is 5.82 Å². The van der Waals surface area contributed by atoms with E-state index in [2.05, 4.69) is 32.2 Å². The van der Waals surface area contributed by atoms with Gasteiger partial charge in [0.25, 0.3) is 0 Å². The summed E-state index contributed by atoms with van der Waals surface area (Å²) in [7, 11) is 0. The predicted octanol–water partition coefficient (Wildman–Crippen LogP) is 2.90. The highest BCUT2D eigenvalue weighted by molar-refractivity contribution is 8.01. The lowest BCUT2D eigenvalue weighted by atomic mass is 10.1. The molecule has 0 spiro atoms. The van der Waals surface area contributed by atoms with Crippen LogP contribution in [-0.2, 0) is 24.2 Å². The molecule has 0 aliphatic carbocycles. The second-order valence-corrected chi connectivity index (χ2v) is 7.83. The molecule has 6 heteroatoms. The molecule has 0 saturated carbocycles. The zero-order chi connectivity index (χ0) is 16.5. The van der Waals surface area contributed by atoms with Crippen LogP contribution in [0.2, 0.25) is 0 Å². The van der Waals surface area contributed by atoms with Crippen LogP contribution in [-0.4, -0.2) is 25.9 Å². The van der Waals surface area contributed by atoms with E-state index in [1.807, 2.05) is 19.1 Å². The highest BCUT2D eigenvalue weighted by atomic mass is 32.2. The van der Waals surface area contributed by atoms with Crippen molar-refractivity contribution in [2.24, 2.45) is 0 Å². The summed E-state index contributed by atoms with van der Waals surface area (Å²) in [4.78, 5) is 13.9. The van der Waals surface area contributed by atoms with Crippen molar-refractivity contribution in [3.05, 3.63) is 41.5 Å². The van der Waals surface area contributed by atoms with Crippen molar-refractivity contribution >= 4 is 17.7 Å². The maximum Gasteiger partial charge on any atom is 0.234 e. The van der Waals surface area contributed by atoms with Crippen molar-refractivity contribution < 1.29 is 4.79 Å². The molecule has 0 fully saturated rings. The topological polar surface area (TPSA) is 59.8 Å². The molecule has 1 amide bonds. The Morgan fingerprint density at radius 2 is 2.17 bits per heavy atom. The molecule has 24 heavy (non-hydrogen) atoms. The molecule has 2 aliphatic heterocycles. The van der Waals surface area contributed by atoms with Crippen molar-refractivity contribution in [2.75, 3.05) is 0 Å². The van der Waals surface area contributed by atoms with E-state index >= 15 is 0 Å². The maximum atomic E-state index is 12.7. The number of aromatic nitrogens is 3. The minimum atomic E-state index is -0.110. The number of carbonyl (C=O) groups excluding carboxylic acids is 1. The van der Waals surface area contributed by atoms with Crippen LogP contribution in [0.4, 0.5) is 0 Å². The van der Waals surface area contributed by atoms with Gasteiger partial charge < -0.3 is 9.88 Å². The molecule has 3 heterocycles. The van der Waals surface area contributed by atoms with Crippen LogP contribution in [0.15, 0.2) is 29.2 Å². The van der Waals surface area contributed by atoms with Crippen LogP contribution in [0.1, 0.15) is 49.4 Å². The zero-order valence-electron chi connectivity index (χ0n) is 13.9. The molecule has 1 aromatic heterocycles. The quantitative estimate of drug-likeness (QED) is 0.932. The van der Waals surface area contributed by atoms with Gasteiger partial charge in [0.2, 0.25) is 5.91 Å². The molecule has 2 aromatic rings. The summed E-state index contributed by atoms with van der Waals surface area (Å²) in [6, 6.07) is 8.15. The summed E-state index contributed by atoms with van der Waals surface area (Å²) >= 11 is 1.66. The van der Waals surface area contributed by atoms with Gasteiger partial charge in [0.05, 0.1) is 11.3 Å². The molecule has 5 nitrogen and oxygen atoms in total. The Morgan fingerprint density at radius 1 is 1.29 bits per heavy atom. The Kier molecular flexibility index (Phi) is 4.31. The molecular formula is C18H22N4OS. The molecule has 1 aromatic carbocycles. The van der Waals surface area contributed by atoms with E-state index < -0.39 is 0 Å². The fourth-order valence-corrected chi connectivity index (χ4v) is 4.73. The van der Waals surface area contributed by atoms with Gasteiger partial charge in [-0.25, -0.2) is 0 Å². The molecule has 2 aliphatic rings. The highest BCUT2D eigenvalue weighted by Gasteiger charge is 2.30. The van der Waals surface area contributed by atoms with Gasteiger partial charge in [-0.3, -0.25) is 4.79 Å². The third-order valence-corrected chi connectivity index (χ3v) is 6.14. The fourth-order valence-electron chi connectivity index (χ4n) is 3.53. The van der Waals surface area contributed by atoms with Crippen molar-refractivity contribution in [1.82, 2.24) is 20.1 Å². The number of hydrogen-bond acceptors (Lipinski definition) is 4. The van der Waals surface area contributed by atoms with Crippen LogP contribution in [0.5, 0.6) is 0 Å². The Labute approximate surface area is 146 Å². The normalized spacial score (nSPS) is 20.8. The lowest BCUT2D eigenvalue weighted by molar-refractivity contribution is -0.121. The lowest BCUT2D eigenvalue weighted by Crippen LogP contribution is -2.35. The summed E-state index contributed by atoms with van der Waals surface area (Å²) < 4.78 is 2.20. The van der Waals surface area contributed by atoms with E-state index in [9.17, 15) is 4.79 Å². The number of aryl methyl sites for hydroxylation is 1. The van der Waals surface area contributed by atoms with Gasteiger partial charge in [0, 0.05) is 17.9 Å². The van der Waals surface area contributed by atoms with Crippen LogP contribution >= 0.6 is 11.8 Å². The van der Waals surface area contributed by atoms with Gasteiger partial charge in [-0.1, -0.05) is 24.6 Å². The Balaban J connectivity index is 1.44. The zero-order valence-corrected chi connectivity index (χ0v) is 14.7. The first kappa shape index (κ1) is 15.7. The van der Waals surface area contributed by atoms with E-state index in [4.69, 9.17) is 0 Å². The predicted molar refractivity (Wildman–Crippen MR) is 93.9 cm³/mol. The Hall–Kier alpha value is -1.82. The van der Waals surface area contributed by atoms with Crippen molar-refractivity contribution in [1.29, 1.82) is 0 Å².